The van der Waals surface area contributed by atoms with Gasteiger partial charge in [0.15, 0.2) is 0 Å². The fourth-order valence-electron chi connectivity index (χ4n) is 2.59. The molecule has 90 valence electrons. The highest BCUT2D eigenvalue weighted by atomic mass is 16.3. The Kier molecular flexibility index (Phi) is 4.15. The van der Waals surface area contributed by atoms with Crippen molar-refractivity contribution in [3.05, 3.63) is 0 Å². The highest BCUT2D eigenvalue weighted by molar-refractivity contribution is 4.88. The van der Waals surface area contributed by atoms with Gasteiger partial charge in [-0.2, -0.15) is 0 Å². The maximum Gasteiger partial charge on any atom is 0.0599 e. The predicted molar refractivity (Wildman–Crippen MR) is 64.0 cm³/mol. The molecule has 1 rings (SSSR count). The minimum atomic E-state index is 0.146. The fraction of sp³-hybridized carbons (Fsp3) is 1.00. The van der Waals surface area contributed by atoms with E-state index in [0.29, 0.717) is 5.92 Å². The highest BCUT2D eigenvalue weighted by Crippen LogP contribution is 2.22. The van der Waals surface area contributed by atoms with E-state index in [-0.39, 0.29) is 18.2 Å². The molecule has 1 aliphatic heterocycles. The molecule has 1 N–H and O–H groups in total. The number of likely N-dealkylation sites (N-methyl/N-ethyl adjacent to an activating group) is 1. The van der Waals surface area contributed by atoms with Gasteiger partial charge in [-0.1, -0.05) is 6.92 Å². The summed E-state index contributed by atoms with van der Waals surface area (Å²) in [5.74, 6) is 0.672. The first kappa shape index (κ1) is 12.9. The zero-order valence-corrected chi connectivity index (χ0v) is 10.8. The topological polar surface area (TPSA) is 26.7 Å². The molecule has 0 saturated carbocycles. The lowest BCUT2D eigenvalue weighted by molar-refractivity contribution is 0.0413. The molecule has 0 aromatic heterocycles. The summed E-state index contributed by atoms with van der Waals surface area (Å²) >= 11 is 0. The minimum Gasteiger partial charge on any atom is -0.395 e. The van der Waals surface area contributed by atoms with Gasteiger partial charge < -0.3 is 10.0 Å². The summed E-state index contributed by atoms with van der Waals surface area (Å²) in [5, 5.41) is 9.49. The van der Waals surface area contributed by atoms with E-state index < -0.39 is 0 Å². The van der Waals surface area contributed by atoms with Crippen molar-refractivity contribution >= 4 is 0 Å². The molecule has 0 aromatic carbocycles. The number of aliphatic hydroxyl groups is 1. The van der Waals surface area contributed by atoms with Gasteiger partial charge in [-0.3, -0.25) is 4.90 Å². The Labute approximate surface area is 94.1 Å². The summed E-state index contributed by atoms with van der Waals surface area (Å²) in [6, 6.07) is 0.278. The van der Waals surface area contributed by atoms with Crippen LogP contribution in [0.1, 0.15) is 27.7 Å². The van der Waals surface area contributed by atoms with Crippen molar-refractivity contribution in [1.29, 1.82) is 0 Å². The Morgan fingerprint density at radius 1 is 1.20 bits per heavy atom. The zero-order valence-electron chi connectivity index (χ0n) is 10.8. The zero-order chi connectivity index (χ0) is 11.6. The molecule has 1 saturated heterocycles. The molecule has 0 bridgehead atoms. The van der Waals surface area contributed by atoms with Crippen LogP contribution in [-0.4, -0.2) is 59.8 Å². The third-order valence-corrected chi connectivity index (χ3v) is 3.17. The second-order valence-corrected chi connectivity index (χ2v) is 5.99. The van der Waals surface area contributed by atoms with Crippen molar-refractivity contribution in [1.82, 2.24) is 9.80 Å². The molecule has 0 aromatic rings. The lowest BCUT2D eigenvalue weighted by Crippen LogP contribution is -2.52. The molecule has 1 fully saturated rings. The van der Waals surface area contributed by atoms with Crippen LogP contribution in [0.4, 0.5) is 0 Å². The summed E-state index contributed by atoms with van der Waals surface area (Å²) in [6.07, 6.45) is 0. The largest absolute Gasteiger partial charge is 0.395 e. The average Bonchev–Trinajstić information content (AvgIpc) is 2.22. The Morgan fingerprint density at radius 3 is 2.27 bits per heavy atom. The third kappa shape index (κ3) is 3.44. The number of aliphatic hydroxyl groups excluding tert-OH is 1. The quantitative estimate of drug-likeness (QED) is 0.706. The molecule has 2 unspecified atom stereocenters. The van der Waals surface area contributed by atoms with E-state index in [2.05, 4.69) is 44.5 Å². The van der Waals surface area contributed by atoms with Crippen molar-refractivity contribution in [2.45, 2.75) is 39.3 Å². The molecular weight excluding hydrogens is 188 g/mol. The van der Waals surface area contributed by atoms with Crippen LogP contribution in [0.5, 0.6) is 0 Å². The van der Waals surface area contributed by atoms with Crippen molar-refractivity contribution in [2.75, 3.05) is 33.3 Å². The first-order valence-corrected chi connectivity index (χ1v) is 5.90. The molecule has 0 amide bonds. The van der Waals surface area contributed by atoms with Gasteiger partial charge in [0.1, 0.15) is 0 Å². The molecule has 15 heavy (non-hydrogen) atoms. The summed E-state index contributed by atoms with van der Waals surface area (Å²) < 4.78 is 0. The molecule has 3 nitrogen and oxygen atoms in total. The molecule has 1 heterocycles. The van der Waals surface area contributed by atoms with E-state index in [9.17, 15) is 5.11 Å². The van der Waals surface area contributed by atoms with Crippen molar-refractivity contribution < 1.29 is 5.11 Å². The summed E-state index contributed by atoms with van der Waals surface area (Å²) in [5.41, 5.74) is 0.146. The summed E-state index contributed by atoms with van der Waals surface area (Å²) in [7, 11) is 2.14. The van der Waals surface area contributed by atoms with Crippen molar-refractivity contribution in [2.24, 2.45) is 5.92 Å². The number of nitrogens with zero attached hydrogens (tertiary/aromatic N) is 2. The predicted octanol–water partition coefficient (Wildman–Crippen LogP) is 1.03. The monoisotopic (exact) mass is 214 g/mol. The molecule has 0 spiro atoms. The number of hydrogen-bond acceptors (Lipinski definition) is 3. The van der Waals surface area contributed by atoms with Crippen molar-refractivity contribution in [3.8, 4) is 0 Å². The molecule has 1 aliphatic rings. The van der Waals surface area contributed by atoms with Gasteiger partial charge in [0, 0.05) is 31.2 Å². The summed E-state index contributed by atoms with van der Waals surface area (Å²) in [4.78, 5) is 4.78. The van der Waals surface area contributed by atoms with Crippen LogP contribution < -0.4 is 0 Å². The van der Waals surface area contributed by atoms with E-state index in [4.69, 9.17) is 0 Å². The SMILES string of the molecule is CC1CN(C)CC(CO)N(C(C)(C)C)C1. The second-order valence-electron chi connectivity index (χ2n) is 5.99. The molecular formula is C12H26N2O. The van der Waals surface area contributed by atoms with E-state index in [1.165, 1.54) is 0 Å². The number of hydrogen-bond donors (Lipinski definition) is 1. The van der Waals surface area contributed by atoms with Crippen LogP contribution in [0.15, 0.2) is 0 Å². The lowest BCUT2D eigenvalue weighted by atomic mass is 10.0. The Balaban J connectivity index is 2.80. The van der Waals surface area contributed by atoms with Gasteiger partial charge in [-0.15, -0.1) is 0 Å². The van der Waals surface area contributed by atoms with Gasteiger partial charge >= 0.3 is 0 Å². The van der Waals surface area contributed by atoms with Gasteiger partial charge in [0.2, 0.25) is 0 Å². The van der Waals surface area contributed by atoms with Crippen LogP contribution in [0.2, 0.25) is 0 Å². The number of rotatable bonds is 1. The Morgan fingerprint density at radius 2 is 1.80 bits per heavy atom. The van der Waals surface area contributed by atoms with Crippen molar-refractivity contribution in [3.63, 3.8) is 0 Å². The molecule has 2 atom stereocenters. The maximum atomic E-state index is 9.49. The average molecular weight is 214 g/mol. The smallest absolute Gasteiger partial charge is 0.0599 e. The standard InChI is InChI=1S/C12H26N2O/c1-10-6-13(5)8-11(9-15)14(7-10)12(2,3)4/h10-11,15H,6-9H2,1-5H3. The minimum absolute atomic E-state index is 0.146. The van der Waals surface area contributed by atoms with Crippen LogP contribution in [0.3, 0.4) is 0 Å². The van der Waals surface area contributed by atoms with Gasteiger partial charge in [0.05, 0.1) is 6.61 Å². The van der Waals surface area contributed by atoms with Crippen LogP contribution >= 0.6 is 0 Å². The van der Waals surface area contributed by atoms with E-state index >= 15 is 0 Å². The lowest BCUT2D eigenvalue weighted by Gasteiger charge is -2.40. The first-order chi connectivity index (χ1) is 6.84. The van der Waals surface area contributed by atoms with E-state index in [1.54, 1.807) is 0 Å². The van der Waals surface area contributed by atoms with E-state index in [0.717, 1.165) is 19.6 Å². The first-order valence-electron chi connectivity index (χ1n) is 5.90. The third-order valence-electron chi connectivity index (χ3n) is 3.17. The fourth-order valence-corrected chi connectivity index (χ4v) is 2.59. The van der Waals surface area contributed by atoms with Crippen LogP contribution in [0, 0.1) is 5.92 Å². The normalized spacial score (nSPS) is 31.6. The van der Waals surface area contributed by atoms with E-state index in [1.807, 2.05) is 0 Å². The second kappa shape index (κ2) is 4.81. The Hall–Kier alpha value is -0.120. The Bertz CT molecular complexity index is 200. The van der Waals surface area contributed by atoms with Crippen LogP contribution in [-0.2, 0) is 0 Å². The maximum absolute atomic E-state index is 9.49. The van der Waals surface area contributed by atoms with Gasteiger partial charge in [0.25, 0.3) is 0 Å². The molecule has 0 aliphatic carbocycles. The molecule has 3 heteroatoms. The van der Waals surface area contributed by atoms with Crippen LogP contribution in [0.25, 0.3) is 0 Å². The molecule has 0 radical (unpaired) electrons. The summed E-state index contributed by atoms with van der Waals surface area (Å²) in [6.45, 7) is 12.4. The van der Waals surface area contributed by atoms with Gasteiger partial charge in [-0.05, 0) is 33.7 Å². The highest BCUT2D eigenvalue weighted by Gasteiger charge is 2.32. The van der Waals surface area contributed by atoms with Gasteiger partial charge in [-0.25, -0.2) is 0 Å².